The van der Waals surface area contributed by atoms with Crippen LogP contribution in [0.2, 0.25) is 0 Å². The zero-order valence-electron chi connectivity index (χ0n) is 11.3. The molecule has 0 radical (unpaired) electrons. The molecule has 0 spiro atoms. The highest BCUT2D eigenvalue weighted by Gasteiger charge is 2.25. The molecule has 0 unspecified atom stereocenters. The maximum atomic E-state index is 10.8. The van der Waals surface area contributed by atoms with Gasteiger partial charge in [0.05, 0.1) is 12.6 Å². The van der Waals surface area contributed by atoms with Gasteiger partial charge in [-0.05, 0) is 25.3 Å². The van der Waals surface area contributed by atoms with Crippen LogP contribution in [0.25, 0.3) is 0 Å². The largest absolute Gasteiger partial charge is 0.465 e. The van der Waals surface area contributed by atoms with Crippen LogP contribution in [0.3, 0.4) is 0 Å². The van der Waals surface area contributed by atoms with E-state index in [1.165, 1.54) is 17.7 Å². The van der Waals surface area contributed by atoms with Crippen molar-refractivity contribution in [1.82, 2.24) is 14.7 Å². The SMILES string of the molecule is N#CCN1CCC[C@@H](CN2CCN(C(=O)O)CC2)C1. The lowest BCUT2D eigenvalue weighted by atomic mass is 9.97. The van der Waals surface area contributed by atoms with Crippen molar-refractivity contribution in [2.45, 2.75) is 12.8 Å². The Morgan fingerprint density at radius 3 is 2.58 bits per heavy atom. The summed E-state index contributed by atoms with van der Waals surface area (Å²) >= 11 is 0. The smallest absolute Gasteiger partial charge is 0.407 e. The zero-order valence-corrected chi connectivity index (χ0v) is 11.3. The Bertz CT molecular complexity index is 347. The van der Waals surface area contributed by atoms with Crippen molar-refractivity contribution in [2.24, 2.45) is 5.92 Å². The Kier molecular flexibility index (Phi) is 5.00. The van der Waals surface area contributed by atoms with E-state index in [2.05, 4.69) is 15.9 Å². The van der Waals surface area contributed by atoms with Gasteiger partial charge in [-0.15, -0.1) is 0 Å². The highest BCUT2D eigenvalue weighted by Crippen LogP contribution is 2.18. The van der Waals surface area contributed by atoms with E-state index in [1.54, 1.807) is 0 Å². The van der Waals surface area contributed by atoms with Gasteiger partial charge < -0.3 is 10.0 Å². The normalized spacial score (nSPS) is 26.1. The number of rotatable bonds is 3. The summed E-state index contributed by atoms with van der Waals surface area (Å²) in [5.74, 6) is 0.624. The third kappa shape index (κ3) is 4.08. The van der Waals surface area contributed by atoms with Crippen LogP contribution in [0.4, 0.5) is 4.79 Å². The quantitative estimate of drug-likeness (QED) is 0.754. The number of nitriles is 1. The van der Waals surface area contributed by atoms with Crippen LogP contribution < -0.4 is 0 Å². The lowest BCUT2D eigenvalue weighted by molar-refractivity contribution is 0.0850. The molecule has 1 amide bonds. The number of carboxylic acid groups (broad SMARTS) is 1. The summed E-state index contributed by atoms with van der Waals surface area (Å²) in [6.07, 6.45) is 1.58. The minimum Gasteiger partial charge on any atom is -0.465 e. The highest BCUT2D eigenvalue weighted by atomic mass is 16.4. The van der Waals surface area contributed by atoms with E-state index < -0.39 is 6.09 Å². The summed E-state index contributed by atoms with van der Waals surface area (Å²) in [5.41, 5.74) is 0. The van der Waals surface area contributed by atoms with Gasteiger partial charge >= 0.3 is 6.09 Å². The van der Waals surface area contributed by atoms with Crippen molar-refractivity contribution < 1.29 is 9.90 Å². The van der Waals surface area contributed by atoms with Crippen LogP contribution in [0.5, 0.6) is 0 Å². The Labute approximate surface area is 114 Å². The fourth-order valence-electron chi connectivity index (χ4n) is 3.03. The molecule has 2 saturated heterocycles. The van der Waals surface area contributed by atoms with Crippen molar-refractivity contribution in [2.75, 3.05) is 52.4 Å². The molecule has 6 heteroatoms. The number of likely N-dealkylation sites (tertiary alicyclic amines) is 1. The van der Waals surface area contributed by atoms with Gasteiger partial charge in [0.1, 0.15) is 0 Å². The molecule has 2 rings (SSSR count). The molecule has 0 aromatic rings. The van der Waals surface area contributed by atoms with Crippen molar-refractivity contribution in [1.29, 1.82) is 5.26 Å². The van der Waals surface area contributed by atoms with Gasteiger partial charge in [0, 0.05) is 39.3 Å². The summed E-state index contributed by atoms with van der Waals surface area (Å²) in [5, 5.41) is 17.7. The van der Waals surface area contributed by atoms with E-state index in [4.69, 9.17) is 10.4 Å². The third-order valence-corrected chi connectivity index (χ3v) is 4.06. The Balaban J connectivity index is 1.73. The molecule has 19 heavy (non-hydrogen) atoms. The summed E-state index contributed by atoms with van der Waals surface area (Å²) < 4.78 is 0. The van der Waals surface area contributed by atoms with Crippen molar-refractivity contribution in [3.63, 3.8) is 0 Å². The number of piperazine rings is 1. The molecule has 0 bridgehead atoms. The van der Waals surface area contributed by atoms with Gasteiger partial charge in [-0.3, -0.25) is 9.80 Å². The highest BCUT2D eigenvalue weighted by molar-refractivity contribution is 5.65. The number of hydrogen-bond acceptors (Lipinski definition) is 4. The summed E-state index contributed by atoms with van der Waals surface area (Å²) in [6.45, 7) is 6.51. The van der Waals surface area contributed by atoms with Crippen LogP contribution >= 0.6 is 0 Å². The molecule has 6 nitrogen and oxygen atoms in total. The average Bonchev–Trinajstić information content (AvgIpc) is 2.40. The minimum atomic E-state index is -0.808. The summed E-state index contributed by atoms with van der Waals surface area (Å²) in [4.78, 5) is 16.9. The molecule has 1 atom stereocenters. The molecule has 0 aliphatic carbocycles. The number of carbonyl (C=O) groups is 1. The molecule has 0 saturated carbocycles. The average molecular weight is 266 g/mol. The zero-order chi connectivity index (χ0) is 13.7. The second-order valence-electron chi connectivity index (χ2n) is 5.47. The predicted octanol–water partition coefficient (Wildman–Crippen LogP) is 0.518. The van der Waals surface area contributed by atoms with E-state index in [1.807, 2.05) is 0 Å². The van der Waals surface area contributed by atoms with Crippen LogP contribution in [-0.4, -0.2) is 78.3 Å². The molecule has 0 aromatic carbocycles. The lowest BCUT2D eigenvalue weighted by Crippen LogP contribution is -2.50. The first-order chi connectivity index (χ1) is 9.19. The molecule has 106 valence electrons. The van der Waals surface area contributed by atoms with Gasteiger partial charge in [-0.1, -0.05) is 0 Å². The van der Waals surface area contributed by atoms with Crippen LogP contribution in [0, 0.1) is 17.2 Å². The predicted molar refractivity (Wildman–Crippen MR) is 70.8 cm³/mol. The van der Waals surface area contributed by atoms with E-state index in [0.717, 1.165) is 32.7 Å². The van der Waals surface area contributed by atoms with Crippen molar-refractivity contribution in [3.05, 3.63) is 0 Å². The van der Waals surface area contributed by atoms with Crippen LogP contribution in [-0.2, 0) is 0 Å². The molecule has 0 aromatic heterocycles. The molecule has 2 aliphatic rings. The first-order valence-corrected chi connectivity index (χ1v) is 6.98. The molecule has 2 heterocycles. The van der Waals surface area contributed by atoms with Gasteiger partial charge in [0.15, 0.2) is 0 Å². The van der Waals surface area contributed by atoms with Crippen LogP contribution in [0.1, 0.15) is 12.8 Å². The maximum absolute atomic E-state index is 10.8. The lowest BCUT2D eigenvalue weighted by Gasteiger charge is -2.38. The monoisotopic (exact) mass is 266 g/mol. The Morgan fingerprint density at radius 1 is 1.21 bits per heavy atom. The van der Waals surface area contributed by atoms with Gasteiger partial charge in [0.2, 0.25) is 0 Å². The number of hydrogen-bond donors (Lipinski definition) is 1. The first kappa shape index (κ1) is 14.1. The topological polar surface area (TPSA) is 70.8 Å². The van der Waals surface area contributed by atoms with E-state index >= 15 is 0 Å². The standard InChI is InChI=1S/C13H22N4O2/c14-3-5-15-4-1-2-12(10-15)11-16-6-8-17(9-7-16)13(18)19/h12H,1-2,4-11H2,(H,18,19)/t12-/m1/s1. The van der Waals surface area contributed by atoms with Crippen LogP contribution in [0.15, 0.2) is 0 Å². The molecule has 1 N–H and O–H groups in total. The first-order valence-electron chi connectivity index (χ1n) is 6.98. The van der Waals surface area contributed by atoms with Gasteiger partial charge in [-0.2, -0.15) is 5.26 Å². The molecular formula is C13H22N4O2. The minimum absolute atomic E-state index is 0.531. The maximum Gasteiger partial charge on any atom is 0.407 e. The van der Waals surface area contributed by atoms with E-state index in [9.17, 15) is 4.79 Å². The van der Waals surface area contributed by atoms with E-state index in [-0.39, 0.29) is 0 Å². The number of amides is 1. The summed E-state index contributed by atoms with van der Waals surface area (Å²) in [6, 6.07) is 2.22. The number of piperidine rings is 1. The van der Waals surface area contributed by atoms with Crippen molar-refractivity contribution in [3.8, 4) is 6.07 Å². The fraction of sp³-hybridized carbons (Fsp3) is 0.846. The summed E-state index contributed by atoms with van der Waals surface area (Å²) in [7, 11) is 0. The molecule has 2 fully saturated rings. The van der Waals surface area contributed by atoms with Gasteiger partial charge in [-0.25, -0.2) is 4.79 Å². The van der Waals surface area contributed by atoms with Crippen molar-refractivity contribution >= 4 is 6.09 Å². The Morgan fingerprint density at radius 2 is 1.95 bits per heavy atom. The molecular weight excluding hydrogens is 244 g/mol. The fourth-order valence-corrected chi connectivity index (χ4v) is 3.03. The third-order valence-electron chi connectivity index (χ3n) is 4.06. The molecule has 2 aliphatic heterocycles. The second kappa shape index (κ2) is 6.73. The Hall–Kier alpha value is -1.32. The van der Waals surface area contributed by atoms with Gasteiger partial charge in [0.25, 0.3) is 0 Å². The van der Waals surface area contributed by atoms with E-state index in [0.29, 0.717) is 25.6 Å². The number of nitrogens with zero attached hydrogens (tertiary/aromatic N) is 4. The second-order valence-corrected chi connectivity index (χ2v) is 5.47.